The molecule has 2 fully saturated rings. The van der Waals surface area contributed by atoms with E-state index in [2.05, 4.69) is 15.7 Å². The van der Waals surface area contributed by atoms with Crippen molar-refractivity contribution < 1.29 is 0 Å². The van der Waals surface area contributed by atoms with Gasteiger partial charge in [0.1, 0.15) is 5.01 Å². The summed E-state index contributed by atoms with van der Waals surface area (Å²) in [6, 6.07) is 0.821. The fraction of sp³-hybridized carbons (Fsp3) is 0.727. The van der Waals surface area contributed by atoms with Gasteiger partial charge in [-0.25, -0.2) is 4.98 Å². The predicted molar refractivity (Wildman–Crippen MR) is 58.2 cm³/mol. The summed E-state index contributed by atoms with van der Waals surface area (Å²) in [5.41, 5.74) is 0. The molecule has 0 saturated heterocycles. The first-order valence-corrected chi connectivity index (χ1v) is 6.45. The van der Waals surface area contributed by atoms with Crippen molar-refractivity contribution in [2.45, 2.75) is 38.3 Å². The molecule has 0 bridgehead atoms. The molecular weight excluding hydrogens is 192 g/mol. The maximum absolute atomic E-state index is 4.29. The number of hydrogen-bond donors (Lipinski definition) is 1. The summed E-state index contributed by atoms with van der Waals surface area (Å²) in [5.74, 6) is 2.01. The zero-order chi connectivity index (χ0) is 9.38. The Morgan fingerprint density at radius 1 is 1.36 bits per heavy atom. The fourth-order valence-electron chi connectivity index (χ4n) is 2.84. The SMILES string of the molecule is c1csc(CNC2C3CCCCC32)n1. The van der Waals surface area contributed by atoms with Gasteiger partial charge in [-0.15, -0.1) is 11.3 Å². The number of nitrogens with zero attached hydrogens (tertiary/aromatic N) is 1. The van der Waals surface area contributed by atoms with Crippen molar-refractivity contribution in [2.75, 3.05) is 0 Å². The highest BCUT2D eigenvalue weighted by Gasteiger charge is 2.49. The largest absolute Gasteiger partial charge is 0.307 e. The minimum atomic E-state index is 0.821. The van der Waals surface area contributed by atoms with Crippen molar-refractivity contribution >= 4 is 11.3 Å². The molecule has 2 aliphatic carbocycles. The quantitative estimate of drug-likeness (QED) is 0.825. The van der Waals surface area contributed by atoms with Crippen LogP contribution in [0.4, 0.5) is 0 Å². The van der Waals surface area contributed by atoms with Gasteiger partial charge in [0.15, 0.2) is 0 Å². The van der Waals surface area contributed by atoms with Crippen LogP contribution in [0.2, 0.25) is 0 Å². The molecule has 76 valence electrons. The molecule has 0 aliphatic heterocycles. The molecule has 2 nitrogen and oxygen atoms in total. The van der Waals surface area contributed by atoms with Gasteiger partial charge in [0.2, 0.25) is 0 Å². The molecule has 2 unspecified atom stereocenters. The number of aromatic nitrogens is 1. The Kier molecular flexibility index (Phi) is 2.30. The normalized spacial score (nSPS) is 35.3. The Bertz CT molecular complexity index is 284. The summed E-state index contributed by atoms with van der Waals surface area (Å²) >= 11 is 1.75. The van der Waals surface area contributed by atoms with Crippen molar-refractivity contribution in [2.24, 2.45) is 11.8 Å². The Labute approximate surface area is 88.7 Å². The Hall–Kier alpha value is -0.410. The molecule has 0 radical (unpaired) electrons. The minimum Gasteiger partial charge on any atom is -0.307 e. The second-order valence-electron chi connectivity index (χ2n) is 4.44. The van der Waals surface area contributed by atoms with Crippen LogP contribution in [0.3, 0.4) is 0 Å². The third kappa shape index (κ3) is 1.59. The zero-order valence-electron chi connectivity index (χ0n) is 8.28. The lowest BCUT2D eigenvalue weighted by Crippen LogP contribution is -2.18. The van der Waals surface area contributed by atoms with E-state index in [0.29, 0.717) is 0 Å². The Morgan fingerprint density at radius 2 is 2.14 bits per heavy atom. The second-order valence-corrected chi connectivity index (χ2v) is 5.42. The van der Waals surface area contributed by atoms with Crippen LogP contribution < -0.4 is 5.32 Å². The van der Waals surface area contributed by atoms with E-state index in [0.717, 1.165) is 24.4 Å². The van der Waals surface area contributed by atoms with Crippen LogP contribution in [0.15, 0.2) is 11.6 Å². The summed E-state index contributed by atoms with van der Waals surface area (Å²) in [5, 5.41) is 6.93. The molecule has 2 saturated carbocycles. The van der Waals surface area contributed by atoms with E-state index in [1.165, 1.54) is 30.7 Å². The number of fused-ring (bicyclic) bond motifs is 1. The van der Waals surface area contributed by atoms with E-state index in [1.54, 1.807) is 11.3 Å². The molecular formula is C11H16N2S. The van der Waals surface area contributed by atoms with Crippen LogP contribution in [0.25, 0.3) is 0 Å². The maximum atomic E-state index is 4.29. The molecule has 1 aromatic heterocycles. The number of thiazole rings is 1. The Balaban J connectivity index is 1.50. The van der Waals surface area contributed by atoms with Crippen LogP contribution in [-0.2, 0) is 6.54 Å². The van der Waals surface area contributed by atoms with E-state index in [9.17, 15) is 0 Å². The van der Waals surface area contributed by atoms with Gasteiger partial charge in [0, 0.05) is 24.2 Å². The lowest BCUT2D eigenvalue weighted by molar-refractivity contribution is 0.480. The van der Waals surface area contributed by atoms with E-state index in [4.69, 9.17) is 0 Å². The fourth-order valence-corrected chi connectivity index (χ4v) is 3.41. The van der Waals surface area contributed by atoms with Crippen LogP contribution in [0, 0.1) is 11.8 Å². The van der Waals surface area contributed by atoms with Gasteiger partial charge in [-0.2, -0.15) is 0 Å². The van der Waals surface area contributed by atoms with Crippen LogP contribution >= 0.6 is 11.3 Å². The third-order valence-electron chi connectivity index (χ3n) is 3.63. The van der Waals surface area contributed by atoms with Gasteiger partial charge >= 0.3 is 0 Å². The molecule has 2 aliphatic rings. The molecule has 0 aromatic carbocycles. The summed E-state index contributed by atoms with van der Waals surface area (Å²) < 4.78 is 0. The average Bonchev–Trinajstić information content (AvgIpc) is 2.69. The van der Waals surface area contributed by atoms with Gasteiger partial charge in [-0.3, -0.25) is 0 Å². The highest BCUT2D eigenvalue weighted by Crippen LogP contribution is 2.49. The second kappa shape index (κ2) is 3.63. The number of rotatable bonds is 3. The van der Waals surface area contributed by atoms with Gasteiger partial charge in [0.05, 0.1) is 0 Å². The van der Waals surface area contributed by atoms with Gasteiger partial charge in [-0.05, 0) is 24.7 Å². The van der Waals surface area contributed by atoms with Crippen molar-refractivity contribution in [3.63, 3.8) is 0 Å². The average molecular weight is 208 g/mol. The van der Waals surface area contributed by atoms with Crippen molar-refractivity contribution in [1.82, 2.24) is 10.3 Å². The highest BCUT2D eigenvalue weighted by molar-refractivity contribution is 7.09. The summed E-state index contributed by atoms with van der Waals surface area (Å²) in [4.78, 5) is 4.29. The first-order chi connectivity index (χ1) is 6.95. The van der Waals surface area contributed by atoms with Crippen LogP contribution in [-0.4, -0.2) is 11.0 Å². The number of nitrogens with one attached hydrogen (secondary N) is 1. The maximum Gasteiger partial charge on any atom is 0.106 e. The summed E-state index contributed by atoms with van der Waals surface area (Å²) in [7, 11) is 0. The number of hydrogen-bond acceptors (Lipinski definition) is 3. The lowest BCUT2D eigenvalue weighted by atomic mass is 10.0. The van der Waals surface area contributed by atoms with Crippen molar-refractivity contribution in [1.29, 1.82) is 0 Å². The van der Waals surface area contributed by atoms with E-state index < -0.39 is 0 Å². The molecule has 2 atom stereocenters. The van der Waals surface area contributed by atoms with Gasteiger partial charge in [-0.1, -0.05) is 12.8 Å². The molecule has 3 heteroatoms. The summed E-state index contributed by atoms with van der Waals surface area (Å²) in [6.45, 7) is 0.981. The van der Waals surface area contributed by atoms with E-state index in [1.807, 2.05) is 6.20 Å². The molecule has 0 amide bonds. The van der Waals surface area contributed by atoms with Crippen molar-refractivity contribution in [3.05, 3.63) is 16.6 Å². The standard InChI is InChI=1S/C11H16N2S/c1-2-4-9-8(3-1)11(9)13-7-10-12-5-6-14-10/h5-6,8-9,11,13H,1-4,7H2. The Morgan fingerprint density at radius 3 is 2.79 bits per heavy atom. The van der Waals surface area contributed by atoms with Crippen LogP contribution in [0.5, 0.6) is 0 Å². The van der Waals surface area contributed by atoms with E-state index in [-0.39, 0.29) is 0 Å². The molecule has 0 spiro atoms. The minimum absolute atomic E-state index is 0.821. The highest BCUT2D eigenvalue weighted by atomic mass is 32.1. The zero-order valence-corrected chi connectivity index (χ0v) is 9.09. The smallest absolute Gasteiger partial charge is 0.106 e. The first-order valence-electron chi connectivity index (χ1n) is 5.57. The lowest BCUT2D eigenvalue weighted by Gasteiger charge is -2.04. The molecule has 1 N–H and O–H groups in total. The molecule has 1 heterocycles. The third-order valence-corrected chi connectivity index (χ3v) is 4.41. The monoisotopic (exact) mass is 208 g/mol. The molecule has 14 heavy (non-hydrogen) atoms. The topological polar surface area (TPSA) is 24.9 Å². The molecule has 3 rings (SSSR count). The first kappa shape index (κ1) is 8.86. The van der Waals surface area contributed by atoms with E-state index >= 15 is 0 Å². The van der Waals surface area contributed by atoms with Crippen molar-refractivity contribution in [3.8, 4) is 0 Å². The van der Waals surface area contributed by atoms with Gasteiger partial charge in [0.25, 0.3) is 0 Å². The van der Waals surface area contributed by atoms with Crippen LogP contribution in [0.1, 0.15) is 30.7 Å². The van der Waals surface area contributed by atoms with Gasteiger partial charge < -0.3 is 5.32 Å². The molecule has 1 aromatic rings. The summed E-state index contributed by atoms with van der Waals surface area (Å²) in [6.07, 6.45) is 7.72. The predicted octanol–water partition coefficient (Wildman–Crippen LogP) is 2.42.